The summed E-state index contributed by atoms with van der Waals surface area (Å²) < 4.78 is 32.8. The van der Waals surface area contributed by atoms with Crippen LogP contribution in [-0.4, -0.2) is 50.5 Å². The molecule has 10 heteroatoms. The van der Waals surface area contributed by atoms with E-state index in [2.05, 4.69) is 34.1 Å². The SMILES string of the molecule is CC1(C)[C@H]2C[I-]C[C@]1(c1cncc(-c3ccn(CCO)n3)n1)c1nnc(-c3c(F)cccc3F)cc12. The number of nitrogens with zero attached hydrogens (tertiary/aromatic N) is 6. The van der Waals surface area contributed by atoms with E-state index in [0.29, 0.717) is 17.9 Å². The van der Waals surface area contributed by atoms with Gasteiger partial charge in [0.05, 0.1) is 0 Å². The van der Waals surface area contributed by atoms with Gasteiger partial charge >= 0.3 is 218 Å². The molecule has 2 aliphatic rings. The number of hydrogen-bond acceptors (Lipinski definition) is 6. The summed E-state index contributed by atoms with van der Waals surface area (Å²) in [6, 6.07) is 7.53. The molecule has 7 nitrogen and oxygen atoms in total. The van der Waals surface area contributed by atoms with Crippen LogP contribution in [0.4, 0.5) is 8.78 Å². The molecule has 0 unspecified atom stereocenters. The second kappa shape index (κ2) is 8.62. The first-order valence-electron chi connectivity index (χ1n) is 11.7. The molecule has 2 bridgehead atoms. The molecular weight excluding hydrogens is 577 g/mol. The van der Waals surface area contributed by atoms with E-state index in [0.717, 1.165) is 25.8 Å². The number of alkyl halides is 2. The molecule has 4 aromatic rings. The minimum atomic E-state index is -0.647. The van der Waals surface area contributed by atoms with Crippen molar-refractivity contribution in [3.8, 4) is 22.6 Å². The summed E-state index contributed by atoms with van der Waals surface area (Å²) in [6.45, 7) is 4.87. The van der Waals surface area contributed by atoms with E-state index >= 15 is 0 Å². The van der Waals surface area contributed by atoms with Gasteiger partial charge < -0.3 is 0 Å². The van der Waals surface area contributed by atoms with Crippen molar-refractivity contribution < 1.29 is 35.1 Å². The molecule has 0 spiro atoms. The van der Waals surface area contributed by atoms with Gasteiger partial charge in [0.2, 0.25) is 0 Å². The fourth-order valence-corrected chi connectivity index (χ4v) is 10.7. The molecule has 1 saturated heterocycles. The Bertz CT molecular complexity index is 1450. The molecule has 36 heavy (non-hydrogen) atoms. The summed E-state index contributed by atoms with van der Waals surface area (Å²) in [6.07, 6.45) is 5.31. The fraction of sp³-hybridized carbons (Fsp3) is 0.346. The van der Waals surface area contributed by atoms with Crippen molar-refractivity contribution in [3.05, 3.63) is 77.5 Å². The average Bonchev–Trinajstić information content (AvgIpc) is 3.33. The van der Waals surface area contributed by atoms with Gasteiger partial charge in [-0.25, -0.2) is 0 Å². The van der Waals surface area contributed by atoms with E-state index in [9.17, 15) is 13.9 Å². The predicted octanol–water partition coefficient (Wildman–Crippen LogP) is 0.580. The van der Waals surface area contributed by atoms with Crippen LogP contribution < -0.4 is 21.2 Å². The third-order valence-electron chi connectivity index (χ3n) is 7.66. The van der Waals surface area contributed by atoms with E-state index in [-0.39, 0.29) is 50.4 Å². The number of hydrogen-bond donors (Lipinski definition) is 1. The first-order valence-corrected chi connectivity index (χ1v) is 14.7. The molecule has 2 atom stereocenters. The number of rotatable bonds is 5. The van der Waals surface area contributed by atoms with Crippen molar-refractivity contribution in [1.29, 1.82) is 0 Å². The van der Waals surface area contributed by atoms with Crippen LogP contribution in [0.1, 0.15) is 36.7 Å². The van der Waals surface area contributed by atoms with Crippen LogP contribution in [0.5, 0.6) is 0 Å². The summed E-state index contributed by atoms with van der Waals surface area (Å²) in [5, 5.41) is 22.7. The number of benzene rings is 1. The number of aliphatic hydroxyl groups is 1. The van der Waals surface area contributed by atoms with E-state index in [1.807, 2.05) is 24.5 Å². The summed E-state index contributed by atoms with van der Waals surface area (Å²) in [7, 11) is 0. The number of halogens is 3. The zero-order valence-corrected chi connectivity index (χ0v) is 21.9. The summed E-state index contributed by atoms with van der Waals surface area (Å²) in [5.74, 6) is -1.11. The molecule has 6 rings (SSSR count). The Hall–Kier alpha value is -2.86. The molecule has 1 N–H and O–H groups in total. The summed E-state index contributed by atoms with van der Waals surface area (Å²) >= 11 is -0.162. The Labute approximate surface area is 217 Å². The monoisotopic (exact) mass is 601 g/mol. The predicted molar refractivity (Wildman–Crippen MR) is 125 cm³/mol. The second-order valence-electron chi connectivity index (χ2n) is 9.76. The molecule has 3 aromatic heterocycles. The first-order chi connectivity index (χ1) is 17.4. The van der Waals surface area contributed by atoms with Gasteiger partial charge in [0.25, 0.3) is 0 Å². The van der Waals surface area contributed by atoms with E-state index < -0.39 is 17.0 Å². The van der Waals surface area contributed by atoms with Crippen molar-refractivity contribution in [2.75, 3.05) is 15.5 Å². The van der Waals surface area contributed by atoms with Gasteiger partial charge in [-0.15, -0.1) is 0 Å². The quantitative estimate of drug-likeness (QED) is 0.266. The van der Waals surface area contributed by atoms with Gasteiger partial charge in [0.15, 0.2) is 0 Å². The van der Waals surface area contributed by atoms with E-state index in [1.54, 1.807) is 10.9 Å². The second-order valence-corrected chi connectivity index (χ2v) is 12.5. The summed E-state index contributed by atoms with van der Waals surface area (Å²) in [5.41, 5.74) is 3.35. The van der Waals surface area contributed by atoms with Crippen LogP contribution in [0.15, 0.2) is 48.9 Å². The van der Waals surface area contributed by atoms with E-state index in [1.165, 1.54) is 18.2 Å². The van der Waals surface area contributed by atoms with Crippen LogP contribution in [0.3, 0.4) is 0 Å². The van der Waals surface area contributed by atoms with Gasteiger partial charge in [-0.3, -0.25) is 0 Å². The zero-order chi connectivity index (χ0) is 25.1. The Balaban J connectivity index is 1.50. The van der Waals surface area contributed by atoms with Crippen LogP contribution in [-0.2, 0) is 12.0 Å². The normalized spacial score (nSPS) is 22.2. The van der Waals surface area contributed by atoms with Crippen LogP contribution >= 0.6 is 0 Å². The summed E-state index contributed by atoms with van der Waals surface area (Å²) in [4.78, 5) is 9.58. The standard InChI is InChI=1S/C26H24F2IN6O/c1-25(2)16-11-29-14-26(25,22-13-30-12-21(31-22)19-6-7-35(34-19)8-9-36)24-15(16)10-20(32-33-24)23-17(27)4-3-5-18(23)28/h3-7,10,12-13,16,36H,8-9,11,14H2,1-2H3/q-1/t16-,26-/m0/s1. The minimum absolute atomic E-state index is 0.00339. The van der Waals surface area contributed by atoms with Gasteiger partial charge in [-0.2, -0.15) is 0 Å². The van der Waals surface area contributed by atoms with Crippen LogP contribution in [0.2, 0.25) is 0 Å². The van der Waals surface area contributed by atoms with Crippen molar-refractivity contribution in [2.45, 2.75) is 31.7 Å². The van der Waals surface area contributed by atoms with E-state index in [4.69, 9.17) is 4.98 Å². The molecule has 1 fully saturated rings. The Kier molecular flexibility index (Phi) is 5.63. The molecule has 1 aromatic carbocycles. The Morgan fingerprint density at radius 2 is 1.89 bits per heavy atom. The van der Waals surface area contributed by atoms with Crippen LogP contribution in [0, 0.1) is 17.0 Å². The molecular formula is C26H24F2IN6O-. The van der Waals surface area contributed by atoms with Gasteiger partial charge in [-0.1, -0.05) is 0 Å². The van der Waals surface area contributed by atoms with Crippen molar-refractivity contribution in [1.82, 2.24) is 29.9 Å². The number of aromatic nitrogens is 6. The molecule has 4 heterocycles. The molecule has 1 aliphatic heterocycles. The molecule has 0 amide bonds. The third-order valence-corrected chi connectivity index (χ3v) is 10.8. The maximum absolute atomic E-state index is 14.6. The maximum atomic E-state index is 14.6. The first kappa shape index (κ1) is 23.5. The van der Waals surface area contributed by atoms with Crippen molar-refractivity contribution >= 4 is 0 Å². The molecule has 0 saturated carbocycles. The molecule has 1 aliphatic carbocycles. The zero-order valence-electron chi connectivity index (χ0n) is 19.8. The van der Waals surface area contributed by atoms with Gasteiger partial charge in [0, 0.05) is 0 Å². The fourth-order valence-electron chi connectivity index (χ4n) is 5.62. The number of fused-ring (bicyclic) bond motifs is 5. The van der Waals surface area contributed by atoms with Crippen molar-refractivity contribution in [2.24, 2.45) is 5.41 Å². The van der Waals surface area contributed by atoms with Crippen molar-refractivity contribution in [3.63, 3.8) is 0 Å². The van der Waals surface area contributed by atoms with Gasteiger partial charge in [0.1, 0.15) is 0 Å². The topological polar surface area (TPSA) is 89.6 Å². The molecule has 0 radical (unpaired) electrons. The third kappa shape index (κ3) is 3.33. The Morgan fingerprint density at radius 3 is 2.67 bits per heavy atom. The average molecular weight is 601 g/mol. The van der Waals surface area contributed by atoms with Gasteiger partial charge in [-0.05, 0) is 0 Å². The molecule has 186 valence electrons. The Morgan fingerprint density at radius 1 is 1.08 bits per heavy atom. The van der Waals surface area contributed by atoms with Crippen LogP contribution in [0.25, 0.3) is 22.6 Å². The number of aliphatic hydroxyl groups excluding tert-OH is 1.